The van der Waals surface area contributed by atoms with E-state index in [1.807, 2.05) is 0 Å². The molecule has 2 aromatic heterocycles. The summed E-state index contributed by atoms with van der Waals surface area (Å²) in [6.45, 7) is 3.47. The van der Waals surface area contributed by atoms with Crippen molar-refractivity contribution in [2.24, 2.45) is 7.05 Å². The number of aromatic nitrogens is 3. The highest BCUT2D eigenvalue weighted by atomic mass is 32.2. The fourth-order valence-electron chi connectivity index (χ4n) is 3.18. The molecule has 3 aromatic rings. The number of benzene rings is 1. The number of sulfone groups is 1. The molecule has 0 atom stereocenters. The molecule has 170 valence electrons. The number of aryl methyl sites for hydroxylation is 2. The van der Waals surface area contributed by atoms with Crippen LogP contribution in [0.2, 0.25) is 0 Å². The van der Waals surface area contributed by atoms with Crippen molar-refractivity contribution in [3.8, 4) is 23.0 Å². The normalized spacial score (nSPS) is 11.5. The van der Waals surface area contributed by atoms with Gasteiger partial charge in [-0.2, -0.15) is 9.97 Å². The topological polar surface area (TPSA) is 91.2 Å². The van der Waals surface area contributed by atoms with E-state index in [4.69, 9.17) is 4.74 Å². The first kappa shape index (κ1) is 23.5. The Kier molecular flexibility index (Phi) is 7.02. The molecule has 0 amide bonds. The van der Waals surface area contributed by atoms with Crippen LogP contribution in [-0.4, -0.2) is 28.7 Å². The summed E-state index contributed by atoms with van der Waals surface area (Å²) in [7, 11) is -1.87. The average Bonchev–Trinajstić information content (AvgIpc) is 2.71. The van der Waals surface area contributed by atoms with E-state index in [0.717, 1.165) is 6.07 Å². The number of rotatable bonds is 8. The van der Waals surface area contributed by atoms with Gasteiger partial charge in [0.2, 0.25) is 5.56 Å². The Labute approximate surface area is 184 Å². The Morgan fingerprint density at radius 3 is 2.50 bits per heavy atom. The molecule has 10 heteroatoms. The summed E-state index contributed by atoms with van der Waals surface area (Å²) < 4.78 is 59.7. The fraction of sp³-hybridized carbons (Fsp3) is 0.318. The Balaban J connectivity index is 2.12. The smallest absolute Gasteiger partial charge is 0.322 e. The lowest BCUT2D eigenvalue weighted by molar-refractivity contribution is 0.402. The largest absolute Gasteiger partial charge is 0.421 e. The van der Waals surface area contributed by atoms with Gasteiger partial charge in [0.25, 0.3) is 0 Å². The second-order valence-electron chi connectivity index (χ2n) is 7.32. The molecular weight excluding hydrogens is 440 g/mol. The van der Waals surface area contributed by atoms with E-state index < -0.39 is 21.5 Å². The van der Waals surface area contributed by atoms with E-state index >= 15 is 0 Å². The van der Waals surface area contributed by atoms with Gasteiger partial charge in [-0.1, -0.05) is 13.8 Å². The van der Waals surface area contributed by atoms with Gasteiger partial charge in [0.05, 0.1) is 22.9 Å². The van der Waals surface area contributed by atoms with E-state index in [1.54, 1.807) is 20.9 Å². The molecule has 0 fully saturated rings. The molecule has 32 heavy (non-hydrogen) atoms. The zero-order chi connectivity index (χ0) is 23.5. The quantitative estimate of drug-likeness (QED) is 0.505. The van der Waals surface area contributed by atoms with E-state index in [2.05, 4.69) is 9.97 Å². The van der Waals surface area contributed by atoms with Gasteiger partial charge in [0, 0.05) is 36.5 Å². The molecule has 0 N–H and O–H groups in total. The maximum absolute atomic E-state index is 14.4. The average molecular weight is 464 g/mol. The number of nitrogens with zero attached hydrogens (tertiary/aromatic N) is 3. The summed E-state index contributed by atoms with van der Waals surface area (Å²) in [5.74, 6) is -2.26. The molecule has 0 saturated heterocycles. The highest BCUT2D eigenvalue weighted by molar-refractivity contribution is 7.90. The lowest BCUT2D eigenvalue weighted by Crippen LogP contribution is -2.14. The molecule has 0 bridgehead atoms. The maximum Gasteiger partial charge on any atom is 0.322 e. The predicted octanol–water partition coefficient (Wildman–Crippen LogP) is 3.80. The van der Waals surface area contributed by atoms with E-state index in [0.29, 0.717) is 30.2 Å². The lowest BCUT2D eigenvalue weighted by atomic mass is 10.1. The lowest BCUT2D eigenvalue weighted by Gasteiger charge is -2.13. The molecule has 0 aliphatic heterocycles. The van der Waals surface area contributed by atoms with Crippen molar-refractivity contribution in [2.75, 3.05) is 5.75 Å². The summed E-state index contributed by atoms with van der Waals surface area (Å²) in [5, 5.41) is 0. The number of halogens is 2. The van der Waals surface area contributed by atoms with Crippen molar-refractivity contribution >= 4 is 9.84 Å². The summed E-state index contributed by atoms with van der Waals surface area (Å²) in [6.07, 6.45) is 2.28. The molecule has 1 aromatic carbocycles. The summed E-state index contributed by atoms with van der Waals surface area (Å²) >= 11 is 0. The van der Waals surface area contributed by atoms with Crippen molar-refractivity contribution < 1.29 is 21.9 Å². The van der Waals surface area contributed by atoms with Gasteiger partial charge < -0.3 is 9.30 Å². The van der Waals surface area contributed by atoms with Gasteiger partial charge in [0.15, 0.2) is 21.4 Å². The molecule has 0 unspecified atom stereocenters. The molecule has 0 radical (unpaired) electrons. The van der Waals surface area contributed by atoms with Gasteiger partial charge in [-0.3, -0.25) is 4.79 Å². The van der Waals surface area contributed by atoms with Crippen LogP contribution in [0.25, 0.3) is 11.3 Å². The van der Waals surface area contributed by atoms with Crippen molar-refractivity contribution in [3.05, 3.63) is 69.8 Å². The van der Waals surface area contributed by atoms with Crippen LogP contribution in [0.15, 0.2) is 41.3 Å². The van der Waals surface area contributed by atoms with E-state index in [1.165, 1.54) is 29.0 Å². The van der Waals surface area contributed by atoms with Gasteiger partial charge in [-0.15, -0.1) is 0 Å². The summed E-state index contributed by atoms with van der Waals surface area (Å²) in [5.41, 5.74) is 1.02. The van der Waals surface area contributed by atoms with Crippen molar-refractivity contribution in [1.29, 1.82) is 0 Å². The fourth-order valence-corrected chi connectivity index (χ4v) is 4.54. The molecule has 0 aliphatic carbocycles. The highest BCUT2D eigenvalue weighted by Crippen LogP contribution is 2.30. The van der Waals surface area contributed by atoms with Crippen molar-refractivity contribution in [2.45, 2.75) is 32.4 Å². The van der Waals surface area contributed by atoms with E-state index in [-0.39, 0.29) is 40.1 Å². The Morgan fingerprint density at radius 2 is 1.84 bits per heavy atom. The van der Waals surface area contributed by atoms with Crippen LogP contribution in [0.5, 0.6) is 11.8 Å². The Bertz CT molecular complexity index is 1310. The summed E-state index contributed by atoms with van der Waals surface area (Å²) in [6, 6.07) is 5.94. The maximum atomic E-state index is 14.4. The van der Waals surface area contributed by atoms with Crippen LogP contribution in [0.1, 0.15) is 31.5 Å². The summed E-state index contributed by atoms with van der Waals surface area (Å²) in [4.78, 5) is 20.2. The standard InChI is InChI=1S/C22H23F2N3O4S/c1-4-8-32(29,30)13-17-11-19(15-6-7-20(28)27(3)12-15)26-22(25-17)31-21-14(5-2)9-16(23)10-18(21)24/h6-7,9-12H,4-5,8,13H2,1-3H3. The number of hydrogen-bond acceptors (Lipinski definition) is 6. The van der Waals surface area contributed by atoms with Crippen LogP contribution in [0, 0.1) is 11.6 Å². The SMILES string of the molecule is CCCS(=O)(=O)Cc1cc(-c2ccc(=O)n(C)c2)nc(Oc2c(F)cc(F)cc2CC)n1. The van der Waals surface area contributed by atoms with Crippen LogP contribution in [0.4, 0.5) is 8.78 Å². The zero-order valence-corrected chi connectivity index (χ0v) is 18.7. The monoisotopic (exact) mass is 463 g/mol. The van der Waals surface area contributed by atoms with Crippen molar-refractivity contribution in [1.82, 2.24) is 14.5 Å². The third kappa shape index (κ3) is 5.56. The van der Waals surface area contributed by atoms with Crippen LogP contribution in [0.3, 0.4) is 0 Å². The molecular formula is C22H23F2N3O4S. The van der Waals surface area contributed by atoms with Crippen LogP contribution in [-0.2, 0) is 29.1 Å². The van der Waals surface area contributed by atoms with Gasteiger partial charge in [-0.25, -0.2) is 17.2 Å². The first-order chi connectivity index (χ1) is 15.1. The first-order valence-electron chi connectivity index (χ1n) is 10.0. The van der Waals surface area contributed by atoms with Gasteiger partial charge in [-0.05, 0) is 31.0 Å². The van der Waals surface area contributed by atoms with Crippen LogP contribution < -0.4 is 10.3 Å². The van der Waals surface area contributed by atoms with Crippen LogP contribution >= 0.6 is 0 Å². The van der Waals surface area contributed by atoms with Crippen molar-refractivity contribution in [3.63, 3.8) is 0 Å². The third-order valence-corrected chi connectivity index (χ3v) is 6.45. The Morgan fingerprint density at radius 1 is 1.09 bits per heavy atom. The van der Waals surface area contributed by atoms with E-state index in [9.17, 15) is 22.0 Å². The highest BCUT2D eigenvalue weighted by Gasteiger charge is 2.19. The van der Waals surface area contributed by atoms with Gasteiger partial charge >= 0.3 is 6.01 Å². The molecule has 7 nitrogen and oxygen atoms in total. The minimum absolute atomic E-state index is 0.0189. The number of ether oxygens (including phenoxy) is 1. The number of pyridine rings is 1. The molecule has 0 saturated carbocycles. The second-order valence-corrected chi connectivity index (χ2v) is 9.50. The molecule has 3 rings (SSSR count). The third-order valence-electron chi connectivity index (χ3n) is 4.68. The Hall–Kier alpha value is -3.14. The molecule has 0 aliphatic rings. The molecule has 0 spiro atoms. The minimum Gasteiger partial charge on any atom is -0.421 e. The molecule has 2 heterocycles. The number of hydrogen-bond donors (Lipinski definition) is 0. The minimum atomic E-state index is -3.44. The zero-order valence-electron chi connectivity index (χ0n) is 17.9. The van der Waals surface area contributed by atoms with Gasteiger partial charge in [0.1, 0.15) is 5.82 Å². The first-order valence-corrected chi connectivity index (χ1v) is 11.8. The second kappa shape index (κ2) is 9.56. The predicted molar refractivity (Wildman–Crippen MR) is 116 cm³/mol.